The molecule has 0 N–H and O–H groups in total. The molecule has 0 bridgehead atoms. The Kier molecular flexibility index (Phi) is 4.51. The summed E-state index contributed by atoms with van der Waals surface area (Å²) >= 11 is 0. The minimum atomic E-state index is -0.0497. The summed E-state index contributed by atoms with van der Waals surface area (Å²) < 4.78 is 1.68. The van der Waals surface area contributed by atoms with Gasteiger partial charge in [-0.3, -0.25) is 9.59 Å². The SMILES string of the molecule is CC(C)CCn1c(C(=O)N2CCCC2)cc2ccccc2c1=O. The molecule has 3 rings (SSSR count). The highest BCUT2D eigenvalue weighted by Crippen LogP contribution is 2.17. The molecule has 1 amide bonds. The van der Waals surface area contributed by atoms with Crippen LogP contribution in [-0.4, -0.2) is 28.5 Å². The minimum Gasteiger partial charge on any atom is -0.337 e. The quantitative estimate of drug-likeness (QED) is 0.869. The molecule has 122 valence electrons. The van der Waals surface area contributed by atoms with Gasteiger partial charge in [0.1, 0.15) is 5.69 Å². The molecule has 1 aliphatic rings. The van der Waals surface area contributed by atoms with Crippen molar-refractivity contribution in [1.82, 2.24) is 9.47 Å². The number of carbonyl (C=O) groups is 1. The van der Waals surface area contributed by atoms with Crippen molar-refractivity contribution in [2.24, 2.45) is 5.92 Å². The van der Waals surface area contributed by atoms with Crippen LogP contribution in [0, 0.1) is 5.92 Å². The lowest BCUT2D eigenvalue weighted by atomic mass is 10.1. The number of aromatic nitrogens is 1. The monoisotopic (exact) mass is 312 g/mol. The molecule has 4 heteroatoms. The third-order valence-electron chi connectivity index (χ3n) is 4.56. The second-order valence-corrected chi connectivity index (χ2v) is 6.76. The Balaban J connectivity index is 2.10. The average Bonchev–Trinajstić information content (AvgIpc) is 3.07. The molecule has 0 aliphatic carbocycles. The van der Waals surface area contributed by atoms with Crippen LogP contribution in [0.2, 0.25) is 0 Å². The molecular formula is C19H24N2O2. The van der Waals surface area contributed by atoms with Crippen molar-refractivity contribution >= 4 is 16.7 Å². The highest BCUT2D eigenvalue weighted by atomic mass is 16.2. The zero-order chi connectivity index (χ0) is 16.4. The molecule has 0 spiro atoms. The van der Waals surface area contributed by atoms with Crippen LogP contribution in [0.4, 0.5) is 0 Å². The first-order valence-electron chi connectivity index (χ1n) is 8.50. The van der Waals surface area contributed by atoms with E-state index in [9.17, 15) is 9.59 Å². The van der Waals surface area contributed by atoms with Crippen LogP contribution in [0.5, 0.6) is 0 Å². The molecule has 23 heavy (non-hydrogen) atoms. The van der Waals surface area contributed by atoms with Gasteiger partial charge in [0, 0.05) is 25.0 Å². The van der Waals surface area contributed by atoms with E-state index in [1.54, 1.807) is 4.57 Å². The normalized spacial score (nSPS) is 14.8. The van der Waals surface area contributed by atoms with Crippen molar-refractivity contribution in [1.29, 1.82) is 0 Å². The van der Waals surface area contributed by atoms with Crippen LogP contribution in [0.15, 0.2) is 35.1 Å². The van der Waals surface area contributed by atoms with Gasteiger partial charge in [-0.15, -0.1) is 0 Å². The molecule has 1 saturated heterocycles. The lowest BCUT2D eigenvalue weighted by Gasteiger charge is -2.20. The van der Waals surface area contributed by atoms with Crippen molar-refractivity contribution < 1.29 is 4.79 Å². The standard InChI is InChI=1S/C19H24N2O2/c1-14(2)9-12-21-17(19(23)20-10-5-6-11-20)13-15-7-3-4-8-16(15)18(21)22/h3-4,7-8,13-14H,5-6,9-12H2,1-2H3. The molecule has 0 unspecified atom stereocenters. The van der Waals surface area contributed by atoms with E-state index in [2.05, 4.69) is 13.8 Å². The van der Waals surface area contributed by atoms with E-state index in [-0.39, 0.29) is 11.5 Å². The number of pyridine rings is 1. The predicted molar refractivity (Wildman–Crippen MR) is 92.8 cm³/mol. The van der Waals surface area contributed by atoms with E-state index < -0.39 is 0 Å². The van der Waals surface area contributed by atoms with Gasteiger partial charge in [0.2, 0.25) is 0 Å². The van der Waals surface area contributed by atoms with E-state index >= 15 is 0 Å². The number of hydrogen-bond donors (Lipinski definition) is 0. The van der Waals surface area contributed by atoms with Crippen LogP contribution in [0.1, 0.15) is 43.6 Å². The minimum absolute atomic E-state index is 0.00545. The summed E-state index contributed by atoms with van der Waals surface area (Å²) in [5.41, 5.74) is 0.488. The molecular weight excluding hydrogens is 288 g/mol. The van der Waals surface area contributed by atoms with Gasteiger partial charge in [-0.05, 0) is 42.7 Å². The second kappa shape index (κ2) is 6.57. The number of nitrogens with zero attached hydrogens (tertiary/aromatic N) is 2. The van der Waals surface area contributed by atoms with Crippen LogP contribution in [0.3, 0.4) is 0 Å². The first-order valence-corrected chi connectivity index (χ1v) is 8.50. The second-order valence-electron chi connectivity index (χ2n) is 6.76. The van der Waals surface area contributed by atoms with Crippen molar-refractivity contribution in [3.8, 4) is 0 Å². The molecule has 1 aromatic carbocycles. The molecule has 2 aromatic rings. The van der Waals surface area contributed by atoms with E-state index in [0.29, 0.717) is 23.5 Å². The van der Waals surface area contributed by atoms with Gasteiger partial charge in [-0.1, -0.05) is 32.0 Å². The van der Waals surface area contributed by atoms with Gasteiger partial charge in [0.25, 0.3) is 11.5 Å². The lowest BCUT2D eigenvalue weighted by Crippen LogP contribution is -2.34. The summed E-state index contributed by atoms with van der Waals surface area (Å²) in [4.78, 5) is 27.6. The first kappa shape index (κ1) is 15.8. The lowest BCUT2D eigenvalue weighted by molar-refractivity contribution is 0.0780. The maximum absolute atomic E-state index is 12.9. The summed E-state index contributed by atoms with van der Waals surface area (Å²) in [6.45, 7) is 6.45. The fraction of sp³-hybridized carbons (Fsp3) is 0.474. The molecule has 0 saturated carbocycles. The van der Waals surface area contributed by atoms with Crippen molar-refractivity contribution in [2.45, 2.75) is 39.7 Å². The number of carbonyl (C=O) groups excluding carboxylic acids is 1. The Morgan fingerprint density at radius 3 is 2.57 bits per heavy atom. The van der Waals surface area contributed by atoms with Crippen molar-refractivity contribution in [2.75, 3.05) is 13.1 Å². The average molecular weight is 312 g/mol. The highest BCUT2D eigenvalue weighted by molar-refractivity contribution is 5.96. The predicted octanol–water partition coefficient (Wildman–Crippen LogP) is 3.28. The fourth-order valence-corrected chi connectivity index (χ4v) is 3.17. The van der Waals surface area contributed by atoms with Crippen LogP contribution in [0.25, 0.3) is 10.8 Å². The maximum atomic E-state index is 12.9. The third-order valence-corrected chi connectivity index (χ3v) is 4.56. The van der Waals surface area contributed by atoms with Crippen molar-refractivity contribution in [3.63, 3.8) is 0 Å². The molecule has 1 aromatic heterocycles. The molecule has 4 nitrogen and oxygen atoms in total. The van der Waals surface area contributed by atoms with E-state index in [4.69, 9.17) is 0 Å². The zero-order valence-corrected chi connectivity index (χ0v) is 13.9. The topological polar surface area (TPSA) is 42.3 Å². The highest BCUT2D eigenvalue weighted by Gasteiger charge is 2.23. The van der Waals surface area contributed by atoms with Gasteiger partial charge in [-0.2, -0.15) is 0 Å². The summed E-state index contributed by atoms with van der Waals surface area (Å²) in [6, 6.07) is 9.42. The molecule has 1 fully saturated rings. The first-order chi connectivity index (χ1) is 11.1. The fourth-order valence-electron chi connectivity index (χ4n) is 3.17. The summed E-state index contributed by atoms with van der Waals surface area (Å²) in [6.07, 6.45) is 2.99. The summed E-state index contributed by atoms with van der Waals surface area (Å²) in [5, 5.41) is 1.54. The van der Waals surface area contributed by atoms with Gasteiger partial charge in [0.05, 0.1) is 0 Å². The summed E-state index contributed by atoms with van der Waals surface area (Å²) in [5.74, 6) is 0.484. The Labute approximate surface area is 136 Å². The van der Waals surface area contributed by atoms with Gasteiger partial charge >= 0.3 is 0 Å². The van der Waals surface area contributed by atoms with Crippen LogP contribution < -0.4 is 5.56 Å². The van der Waals surface area contributed by atoms with Crippen molar-refractivity contribution in [3.05, 3.63) is 46.4 Å². The molecule has 1 aliphatic heterocycles. The van der Waals surface area contributed by atoms with E-state index in [0.717, 1.165) is 37.7 Å². The van der Waals surface area contributed by atoms with Crippen LogP contribution >= 0.6 is 0 Å². The van der Waals surface area contributed by atoms with E-state index in [1.807, 2.05) is 35.2 Å². The number of hydrogen-bond acceptors (Lipinski definition) is 2. The summed E-state index contributed by atoms with van der Waals surface area (Å²) in [7, 11) is 0. The third kappa shape index (κ3) is 3.16. The largest absolute Gasteiger partial charge is 0.337 e. The smallest absolute Gasteiger partial charge is 0.270 e. The number of likely N-dealkylation sites (tertiary alicyclic amines) is 1. The van der Waals surface area contributed by atoms with Gasteiger partial charge < -0.3 is 9.47 Å². The maximum Gasteiger partial charge on any atom is 0.270 e. The van der Waals surface area contributed by atoms with Gasteiger partial charge in [0.15, 0.2) is 0 Å². The van der Waals surface area contributed by atoms with Gasteiger partial charge in [-0.25, -0.2) is 0 Å². The number of rotatable bonds is 4. The molecule has 0 atom stereocenters. The van der Waals surface area contributed by atoms with E-state index in [1.165, 1.54) is 0 Å². The zero-order valence-electron chi connectivity index (χ0n) is 13.9. The molecule has 0 radical (unpaired) electrons. The Morgan fingerprint density at radius 2 is 1.87 bits per heavy atom. The van der Waals surface area contributed by atoms with Crippen LogP contribution in [-0.2, 0) is 6.54 Å². The molecule has 2 heterocycles. The number of fused-ring (bicyclic) bond motifs is 1. The number of amides is 1. The Morgan fingerprint density at radius 1 is 1.17 bits per heavy atom. The Hall–Kier alpha value is -2.10. The number of benzene rings is 1. The Bertz CT molecular complexity index is 771.